The number of hydrogen-bond donors (Lipinski definition) is 0. The van der Waals surface area contributed by atoms with Crippen molar-refractivity contribution in [3.05, 3.63) is 109 Å². The quantitative estimate of drug-likeness (QED) is 0.328. The number of anilines is 4. The highest BCUT2D eigenvalue weighted by molar-refractivity contribution is 7.87. The van der Waals surface area contributed by atoms with E-state index in [4.69, 9.17) is 4.18 Å². The van der Waals surface area contributed by atoms with Gasteiger partial charge in [0.1, 0.15) is 10.6 Å². The second-order valence-electron chi connectivity index (χ2n) is 7.32. The Morgan fingerprint density at radius 2 is 1.03 bits per heavy atom. The molecule has 4 aromatic rings. The van der Waals surface area contributed by atoms with Crippen LogP contribution in [0, 0.1) is 0 Å². The molecule has 0 aliphatic heterocycles. The molecule has 0 fully saturated rings. The van der Waals surface area contributed by atoms with Crippen molar-refractivity contribution in [2.24, 2.45) is 0 Å². The van der Waals surface area contributed by atoms with Gasteiger partial charge in [0, 0.05) is 42.9 Å². The molecule has 32 heavy (non-hydrogen) atoms. The summed E-state index contributed by atoms with van der Waals surface area (Å²) in [6, 6.07) is 33.5. The van der Waals surface area contributed by atoms with Crippen LogP contribution in [0.5, 0.6) is 5.75 Å². The number of rotatable bonds is 7. The minimum absolute atomic E-state index is 0.122. The highest BCUT2D eigenvalue weighted by Gasteiger charge is 2.17. The Kier molecular flexibility index (Phi) is 6.14. The predicted molar refractivity (Wildman–Crippen MR) is 130 cm³/mol. The largest absolute Gasteiger partial charge is 0.379 e. The van der Waals surface area contributed by atoms with Gasteiger partial charge in [0.15, 0.2) is 0 Å². The maximum absolute atomic E-state index is 12.5. The predicted octanol–water partition coefficient (Wildman–Crippen LogP) is 5.99. The average molecular weight is 445 g/mol. The lowest BCUT2D eigenvalue weighted by Gasteiger charge is -2.23. The Morgan fingerprint density at radius 1 is 0.562 bits per heavy atom. The lowest BCUT2D eigenvalue weighted by molar-refractivity contribution is 0.486. The fourth-order valence-corrected chi connectivity index (χ4v) is 4.30. The van der Waals surface area contributed by atoms with E-state index in [0.29, 0.717) is 0 Å². The van der Waals surface area contributed by atoms with Crippen LogP contribution in [0.1, 0.15) is 0 Å². The summed E-state index contributed by atoms with van der Waals surface area (Å²) >= 11 is 0. The Hall–Kier alpha value is -3.77. The fourth-order valence-electron chi connectivity index (χ4n) is 3.36. The molecule has 0 aliphatic rings. The van der Waals surface area contributed by atoms with Gasteiger partial charge >= 0.3 is 10.1 Å². The van der Waals surface area contributed by atoms with E-state index in [9.17, 15) is 8.42 Å². The Labute approximate surface area is 189 Å². The third-order valence-corrected chi connectivity index (χ3v) is 6.47. The Bertz CT molecular complexity index is 1280. The van der Waals surface area contributed by atoms with E-state index in [1.165, 1.54) is 12.1 Å². The normalized spacial score (nSPS) is 11.1. The molecule has 0 atom stereocenters. The first-order valence-corrected chi connectivity index (χ1v) is 11.6. The van der Waals surface area contributed by atoms with Crippen LogP contribution in [0.3, 0.4) is 0 Å². The Balaban J connectivity index is 1.52. The molecule has 0 aromatic heterocycles. The second kappa shape index (κ2) is 9.16. The number of benzene rings is 4. The smallest absolute Gasteiger partial charge is 0.339 e. The summed E-state index contributed by atoms with van der Waals surface area (Å²) in [6.45, 7) is 0. The summed E-state index contributed by atoms with van der Waals surface area (Å²) in [5, 5.41) is 0. The van der Waals surface area contributed by atoms with E-state index >= 15 is 0 Å². The van der Waals surface area contributed by atoms with Crippen molar-refractivity contribution in [3.8, 4) is 5.75 Å². The van der Waals surface area contributed by atoms with E-state index in [1.807, 2.05) is 55.4 Å². The van der Waals surface area contributed by atoms with Crippen molar-refractivity contribution in [1.82, 2.24) is 0 Å². The van der Waals surface area contributed by atoms with Crippen LogP contribution in [0.15, 0.2) is 114 Å². The third-order valence-electron chi connectivity index (χ3n) is 5.21. The summed E-state index contributed by atoms with van der Waals surface area (Å²) in [5.74, 6) is 0.263. The van der Waals surface area contributed by atoms with Crippen LogP contribution in [0.2, 0.25) is 0 Å². The molecule has 0 radical (unpaired) electrons. The number of para-hydroxylation sites is 1. The molecule has 0 spiro atoms. The fraction of sp³-hybridized carbons (Fsp3) is 0.0769. The van der Waals surface area contributed by atoms with Crippen LogP contribution in [0.4, 0.5) is 22.7 Å². The van der Waals surface area contributed by atoms with E-state index < -0.39 is 10.1 Å². The van der Waals surface area contributed by atoms with Gasteiger partial charge in [-0.1, -0.05) is 42.5 Å². The van der Waals surface area contributed by atoms with E-state index in [0.717, 1.165) is 22.7 Å². The van der Waals surface area contributed by atoms with Crippen LogP contribution in [-0.2, 0) is 10.1 Å². The maximum atomic E-state index is 12.5. The van der Waals surface area contributed by atoms with Crippen LogP contribution >= 0.6 is 0 Å². The summed E-state index contributed by atoms with van der Waals surface area (Å²) in [6.07, 6.45) is 0. The van der Waals surface area contributed by atoms with Gasteiger partial charge in [0.05, 0.1) is 0 Å². The molecule has 0 saturated carbocycles. The van der Waals surface area contributed by atoms with Gasteiger partial charge in [-0.3, -0.25) is 0 Å². The van der Waals surface area contributed by atoms with Crippen LogP contribution in [-0.4, -0.2) is 22.5 Å². The molecule has 0 saturated heterocycles. The molecule has 5 nitrogen and oxygen atoms in total. The molecule has 162 valence electrons. The maximum Gasteiger partial charge on any atom is 0.339 e. The summed E-state index contributed by atoms with van der Waals surface area (Å²) < 4.78 is 30.4. The van der Waals surface area contributed by atoms with Crippen molar-refractivity contribution < 1.29 is 12.6 Å². The molecular formula is C26H24N2O3S. The minimum Gasteiger partial charge on any atom is -0.379 e. The van der Waals surface area contributed by atoms with Gasteiger partial charge in [-0.25, -0.2) is 0 Å². The first-order chi connectivity index (χ1) is 15.4. The first-order valence-electron chi connectivity index (χ1n) is 10.2. The van der Waals surface area contributed by atoms with Gasteiger partial charge in [0.25, 0.3) is 0 Å². The molecule has 0 unspecified atom stereocenters. The van der Waals surface area contributed by atoms with Gasteiger partial charge in [-0.05, 0) is 60.7 Å². The van der Waals surface area contributed by atoms with Gasteiger partial charge < -0.3 is 14.0 Å². The zero-order chi connectivity index (χ0) is 22.6. The van der Waals surface area contributed by atoms with Crippen molar-refractivity contribution in [1.29, 1.82) is 0 Å². The highest BCUT2D eigenvalue weighted by atomic mass is 32.2. The molecular weight excluding hydrogens is 420 g/mol. The van der Waals surface area contributed by atoms with Crippen LogP contribution in [0.25, 0.3) is 0 Å². The molecule has 0 aliphatic carbocycles. The second-order valence-corrected chi connectivity index (χ2v) is 8.86. The van der Waals surface area contributed by atoms with Gasteiger partial charge in [-0.2, -0.15) is 8.42 Å². The van der Waals surface area contributed by atoms with Crippen LogP contribution < -0.4 is 14.0 Å². The number of nitrogens with zero attached hydrogens (tertiary/aromatic N) is 2. The van der Waals surface area contributed by atoms with Crippen molar-refractivity contribution in [3.63, 3.8) is 0 Å². The lowest BCUT2D eigenvalue weighted by Crippen LogP contribution is -2.12. The van der Waals surface area contributed by atoms with Crippen molar-refractivity contribution in [2.75, 3.05) is 23.9 Å². The zero-order valence-corrected chi connectivity index (χ0v) is 18.7. The summed E-state index contributed by atoms with van der Waals surface area (Å²) in [7, 11) is 0.0751. The van der Waals surface area contributed by atoms with E-state index in [2.05, 4.69) is 29.2 Å². The monoisotopic (exact) mass is 444 g/mol. The van der Waals surface area contributed by atoms with Gasteiger partial charge in [0.2, 0.25) is 0 Å². The van der Waals surface area contributed by atoms with E-state index in [-0.39, 0.29) is 10.6 Å². The SMILES string of the molecule is CN(c1ccccc1)c1ccc(N(C)c2cccc(OS(=O)(=O)c3ccccc3)c2)cc1. The van der Waals surface area contributed by atoms with Crippen molar-refractivity contribution in [2.45, 2.75) is 4.90 Å². The van der Waals surface area contributed by atoms with Gasteiger partial charge in [-0.15, -0.1) is 0 Å². The third kappa shape index (κ3) is 4.76. The molecule has 0 bridgehead atoms. The molecule has 6 heteroatoms. The highest BCUT2D eigenvalue weighted by Crippen LogP contribution is 2.31. The minimum atomic E-state index is -3.89. The molecule has 4 aromatic carbocycles. The first kappa shape index (κ1) is 21.5. The molecule has 0 N–H and O–H groups in total. The molecule has 0 amide bonds. The molecule has 0 heterocycles. The zero-order valence-electron chi connectivity index (χ0n) is 17.9. The number of hydrogen-bond acceptors (Lipinski definition) is 5. The summed E-state index contributed by atoms with van der Waals surface area (Å²) in [4.78, 5) is 4.22. The lowest BCUT2D eigenvalue weighted by atomic mass is 10.2. The van der Waals surface area contributed by atoms with E-state index in [1.54, 1.807) is 36.4 Å². The average Bonchev–Trinajstić information content (AvgIpc) is 2.84. The molecule has 4 rings (SSSR count). The summed E-state index contributed by atoms with van der Waals surface area (Å²) in [5.41, 5.74) is 3.96. The van der Waals surface area contributed by atoms with Crippen molar-refractivity contribution >= 4 is 32.9 Å². The standard InChI is InChI=1S/C26H24N2O3S/c1-27(21-10-5-3-6-11-21)22-16-18-23(19-17-22)28(2)24-12-9-13-25(20-24)31-32(29,30)26-14-7-4-8-15-26/h3-20H,1-2H3. The Morgan fingerprint density at radius 3 is 1.62 bits per heavy atom. The topological polar surface area (TPSA) is 49.9 Å².